The Morgan fingerprint density at radius 3 is 2.75 bits per heavy atom. The summed E-state index contributed by atoms with van der Waals surface area (Å²) in [5.41, 5.74) is 0.238. The minimum atomic E-state index is -0.453. The van der Waals surface area contributed by atoms with Gasteiger partial charge in [0.2, 0.25) is 0 Å². The smallest absolute Gasteiger partial charge is 0.162 e. The van der Waals surface area contributed by atoms with Crippen LogP contribution in [0.15, 0.2) is 18.2 Å². The van der Waals surface area contributed by atoms with Gasteiger partial charge in [-0.05, 0) is 26.0 Å². The summed E-state index contributed by atoms with van der Waals surface area (Å²) in [6, 6.07) is 4.37. The summed E-state index contributed by atoms with van der Waals surface area (Å²) in [5.74, 6) is -0.633. The number of ketones is 1. The molecular formula is C12H14ClFO2. The summed E-state index contributed by atoms with van der Waals surface area (Å²) in [6.07, 6.45) is -0.0434. The number of carbonyl (C=O) groups excluding carboxylic acids is 1. The van der Waals surface area contributed by atoms with Crippen molar-refractivity contribution in [3.05, 3.63) is 34.6 Å². The van der Waals surface area contributed by atoms with Gasteiger partial charge < -0.3 is 4.74 Å². The van der Waals surface area contributed by atoms with Gasteiger partial charge in [0.05, 0.1) is 6.10 Å². The van der Waals surface area contributed by atoms with E-state index in [-0.39, 0.29) is 35.5 Å². The molecule has 1 aromatic rings. The van der Waals surface area contributed by atoms with Crippen molar-refractivity contribution in [1.29, 1.82) is 0 Å². The average Bonchev–Trinajstić information content (AvgIpc) is 2.21. The summed E-state index contributed by atoms with van der Waals surface area (Å²) in [7, 11) is 0. The molecule has 0 fully saturated rings. The first-order valence-corrected chi connectivity index (χ1v) is 5.44. The maximum absolute atomic E-state index is 13.3. The van der Waals surface area contributed by atoms with Gasteiger partial charge in [0, 0.05) is 17.0 Å². The zero-order chi connectivity index (χ0) is 12.1. The molecule has 0 heterocycles. The highest BCUT2D eigenvalue weighted by molar-refractivity contribution is 6.31. The largest absolute Gasteiger partial charge is 0.371 e. The van der Waals surface area contributed by atoms with Crippen LogP contribution in [0.3, 0.4) is 0 Å². The van der Waals surface area contributed by atoms with E-state index < -0.39 is 5.82 Å². The minimum Gasteiger partial charge on any atom is -0.371 e. The van der Waals surface area contributed by atoms with E-state index in [0.717, 1.165) is 0 Å². The first-order chi connectivity index (χ1) is 7.50. The predicted octanol–water partition coefficient (Wildman–Crippen LogP) is 3.02. The molecule has 0 amide bonds. The second-order valence-corrected chi connectivity index (χ2v) is 4.18. The van der Waals surface area contributed by atoms with Gasteiger partial charge in [-0.2, -0.15) is 0 Å². The van der Waals surface area contributed by atoms with E-state index in [1.54, 1.807) is 6.07 Å². The van der Waals surface area contributed by atoms with Crippen molar-refractivity contribution in [2.24, 2.45) is 0 Å². The van der Waals surface area contributed by atoms with Crippen LogP contribution in [0.5, 0.6) is 0 Å². The Labute approximate surface area is 99.4 Å². The highest BCUT2D eigenvalue weighted by atomic mass is 35.5. The van der Waals surface area contributed by atoms with E-state index in [2.05, 4.69) is 0 Å². The van der Waals surface area contributed by atoms with Gasteiger partial charge >= 0.3 is 0 Å². The maximum atomic E-state index is 13.3. The number of halogens is 2. The van der Waals surface area contributed by atoms with Crippen molar-refractivity contribution in [2.45, 2.75) is 26.4 Å². The Bertz CT molecular complexity index is 357. The van der Waals surface area contributed by atoms with Crippen LogP contribution < -0.4 is 0 Å². The second kappa shape index (κ2) is 5.97. The fourth-order valence-corrected chi connectivity index (χ4v) is 1.44. The van der Waals surface area contributed by atoms with Gasteiger partial charge in [0.15, 0.2) is 5.78 Å². The van der Waals surface area contributed by atoms with Crippen molar-refractivity contribution < 1.29 is 13.9 Å². The Kier molecular flexibility index (Phi) is 4.90. The molecule has 0 spiro atoms. The summed E-state index contributed by atoms with van der Waals surface area (Å²) in [4.78, 5) is 11.5. The van der Waals surface area contributed by atoms with Gasteiger partial charge in [0.25, 0.3) is 0 Å². The van der Waals surface area contributed by atoms with Crippen molar-refractivity contribution >= 4 is 17.4 Å². The van der Waals surface area contributed by atoms with Crippen LogP contribution in [0.1, 0.15) is 19.4 Å². The van der Waals surface area contributed by atoms with Gasteiger partial charge in [-0.25, -0.2) is 4.39 Å². The molecule has 0 bridgehead atoms. The Morgan fingerprint density at radius 2 is 2.19 bits per heavy atom. The van der Waals surface area contributed by atoms with Crippen molar-refractivity contribution in [2.75, 3.05) is 6.61 Å². The molecule has 4 heteroatoms. The SMILES string of the molecule is CC(C)OCC(=O)Cc1c(F)cccc1Cl. The van der Waals surface area contributed by atoms with Crippen LogP contribution in [0, 0.1) is 5.82 Å². The lowest BCUT2D eigenvalue weighted by Gasteiger charge is -2.08. The molecule has 1 aromatic carbocycles. The Balaban J connectivity index is 2.63. The number of Topliss-reactive ketones (excluding diaryl/α,β-unsaturated/α-hetero) is 1. The van der Waals surface area contributed by atoms with Gasteiger partial charge in [0.1, 0.15) is 12.4 Å². The molecule has 88 valence electrons. The monoisotopic (exact) mass is 244 g/mol. The number of hydrogen-bond acceptors (Lipinski definition) is 2. The van der Waals surface area contributed by atoms with E-state index in [4.69, 9.17) is 16.3 Å². The lowest BCUT2D eigenvalue weighted by atomic mass is 10.1. The third-order valence-corrected chi connectivity index (χ3v) is 2.37. The summed E-state index contributed by atoms with van der Waals surface area (Å²) in [5, 5.41) is 0.276. The number of hydrogen-bond donors (Lipinski definition) is 0. The fraction of sp³-hybridized carbons (Fsp3) is 0.417. The molecule has 0 aromatic heterocycles. The topological polar surface area (TPSA) is 26.3 Å². The number of ether oxygens (including phenoxy) is 1. The molecule has 0 atom stereocenters. The first-order valence-electron chi connectivity index (χ1n) is 5.07. The molecule has 0 saturated carbocycles. The van der Waals surface area contributed by atoms with E-state index in [1.165, 1.54) is 12.1 Å². The lowest BCUT2D eigenvalue weighted by Crippen LogP contribution is -2.16. The first kappa shape index (κ1) is 13.1. The fourth-order valence-electron chi connectivity index (χ4n) is 1.21. The van der Waals surface area contributed by atoms with Crippen LogP contribution in [-0.2, 0) is 16.0 Å². The third kappa shape index (κ3) is 3.91. The van der Waals surface area contributed by atoms with Crippen LogP contribution in [0.25, 0.3) is 0 Å². The van der Waals surface area contributed by atoms with Gasteiger partial charge in [-0.3, -0.25) is 4.79 Å². The van der Waals surface area contributed by atoms with Crippen LogP contribution in [-0.4, -0.2) is 18.5 Å². The minimum absolute atomic E-state index is 0.0116. The summed E-state index contributed by atoms with van der Waals surface area (Å²) >= 11 is 5.80. The normalized spacial score (nSPS) is 10.8. The molecule has 0 radical (unpaired) electrons. The van der Waals surface area contributed by atoms with E-state index in [1.807, 2.05) is 13.8 Å². The van der Waals surface area contributed by atoms with E-state index in [9.17, 15) is 9.18 Å². The zero-order valence-electron chi connectivity index (χ0n) is 9.30. The number of benzene rings is 1. The zero-order valence-corrected chi connectivity index (χ0v) is 10.1. The molecular weight excluding hydrogens is 231 g/mol. The van der Waals surface area contributed by atoms with Crippen molar-refractivity contribution in [3.8, 4) is 0 Å². The maximum Gasteiger partial charge on any atom is 0.162 e. The van der Waals surface area contributed by atoms with Gasteiger partial charge in [-0.15, -0.1) is 0 Å². The highest BCUT2D eigenvalue weighted by Crippen LogP contribution is 2.19. The molecule has 2 nitrogen and oxygen atoms in total. The summed E-state index contributed by atoms with van der Waals surface area (Å²) in [6.45, 7) is 3.66. The molecule has 0 unspecified atom stereocenters. The number of carbonyl (C=O) groups is 1. The standard InChI is InChI=1S/C12H14ClFO2/c1-8(2)16-7-9(15)6-10-11(13)4-3-5-12(10)14/h3-5,8H,6-7H2,1-2H3. The molecule has 0 aliphatic rings. The second-order valence-electron chi connectivity index (χ2n) is 3.78. The van der Waals surface area contributed by atoms with Gasteiger partial charge in [-0.1, -0.05) is 17.7 Å². The molecule has 0 aliphatic carbocycles. The molecule has 1 rings (SSSR count). The Hall–Kier alpha value is -0.930. The van der Waals surface area contributed by atoms with E-state index in [0.29, 0.717) is 0 Å². The average molecular weight is 245 g/mol. The lowest BCUT2D eigenvalue weighted by molar-refractivity contribution is -0.124. The molecule has 16 heavy (non-hydrogen) atoms. The van der Waals surface area contributed by atoms with Crippen molar-refractivity contribution in [3.63, 3.8) is 0 Å². The molecule has 0 saturated heterocycles. The predicted molar refractivity (Wildman–Crippen MR) is 61.2 cm³/mol. The number of rotatable bonds is 5. The quantitative estimate of drug-likeness (QED) is 0.796. The molecule has 0 aliphatic heterocycles. The van der Waals surface area contributed by atoms with Crippen LogP contribution in [0.2, 0.25) is 5.02 Å². The van der Waals surface area contributed by atoms with E-state index >= 15 is 0 Å². The Morgan fingerprint density at radius 1 is 1.50 bits per heavy atom. The highest BCUT2D eigenvalue weighted by Gasteiger charge is 2.12. The van der Waals surface area contributed by atoms with Crippen molar-refractivity contribution in [1.82, 2.24) is 0 Å². The summed E-state index contributed by atoms with van der Waals surface area (Å²) < 4.78 is 18.5. The third-order valence-electron chi connectivity index (χ3n) is 2.01. The van der Waals surface area contributed by atoms with Crippen LogP contribution >= 0.6 is 11.6 Å². The molecule has 0 N–H and O–H groups in total. The van der Waals surface area contributed by atoms with Crippen LogP contribution in [0.4, 0.5) is 4.39 Å².